The van der Waals surface area contributed by atoms with E-state index in [1.807, 2.05) is 11.9 Å². The fraction of sp³-hybridized carbons (Fsp3) is 0.588. The number of carbonyl (C=O) groups is 1. The maximum absolute atomic E-state index is 12.9. The number of likely N-dealkylation sites (tertiary alicyclic amines) is 1. The van der Waals surface area contributed by atoms with Crippen LogP contribution in [0.15, 0.2) is 29.2 Å². The summed E-state index contributed by atoms with van der Waals surface area (Å²) in [6.45, 7) is 1.74. The zero-order valence-corrected chi connectivity index (χ0v) is 15.6. The van der Waals surface area contributed by atoms with Crippen molar-refractivity contribution < 1.29 is 17.6 Å². The average Bonchev–Trinajstić information content (AvgIpc) is 2.62. The second-order valence-corrected chi connectivity index (χ2v) is 8.37. The number of halogens is 1. The van der Waals surface area contributed by atoms with Crippen molar-refractivity contribution in [1.82, 2.24) is 14.5 Å². The lowest BCUT2D eigenvalue weighted by Crippen LogP contribution is -2.44. The van der Waals surface area contributed by atoms with Crippen molar-refractivity contribution in [3.63, 3.8) is 0 Å². The molecule has 0 spiro atoms. The topological polar surface area (TPSA) is 69.7 Å². The van der Waals surface area contributed by atoms with Gasteiger partial charge in [0.25, 0.3) is 0 Å². The van der Waals surface area contributed by atoms with Crippen molar-refractivity contribution in [3.8, 4) is 0 Å². The Morgan fingerprint density at radius 3 is 2.44 bits per heavy atom. The van der Waals surface area contributed by atoms with Gasteiger partial charge in [0.1, 0.15) is 5.82 Å². The first-order valence-corrected chi connectivity index (χ1v) is 9.95. The molecule has 1 aliphatic rings. The Labute approximate surface area is 149 Å². The van der Waals surface area contributed by atoms with Crippen molar-refractivity contribution in [2.24, 2.45) is 0 Å². The molecular weight excluding hydrogens is 345 g/mol. The Morgan fingerprint density at radius 2 is 1.88 bits per heavy atom. The molecule has 0 aliphatic carbocycles. The Hall–Kier alpha value is -1.51. The minimum atomic E-state index is -3.66. The SMILES string of the molecule is CNC1CCN(C(=O)CCCN(C)S(=O)(=O)c2ccc(F)cc2)CC1. The zero-order chi connectivity index (χ0) is 18.4. The number of hydrogen-bond donors (Lipinski definition) is 1. The highest BCUT2D eigenvalue weighted by molar-refractivity contribution is 7.89. The molecule has 6 nitrogen and oxygen atoms in total. The standard InChI is InChI=1S/C17H26FN3O3S/c1-19-15-9-12-21(13-10-15)17(22)4-3-11-20(2)25(23,24)16-7-5-14(18)6-8-16/h5-8,15,19H,3-4,9-13H2,1-2H3. The molecule has 0 radical (unpaired) electrons. The van der Waals surface area contributed by atoms with Gasteiger partial charge in [0, 0.05) is 39.1 Å². The van der Waals surface area contributed by atoms with Gasteiger partial charge in [0.2, 0.25) is 15.9 Å². The van der Waals surface area contributed by atoms with Crippen LogP contribution in [-0.4, -0.2) is 63.3 Å². The number of hydrogen-bond acceptors (Lipinski definition) is 4. The van der Waals surface area contributed by atoms with Gasteiger partial charge in [-0.2, -0.15) is 0 Å². The average molecular weight is 371 g/mol. The van der Waals surface area contributed by atoms with Crippen LogP contribution < -0.4 is 5.32 Å². The third kappa shape index (κ3) is 5.23. The number of nitrogens with one attached hydrogen (secondary N) is 1. The highest BCUT2D eigenvalue weighted by Gasteiger charge is 2.23. The van der Waals surface area contributed by atoms with Crippen molar-refractivity contribution in [3.05, 3.63) is 30.1 Å². The summed E-state index contributed by atoms with van der Waals surface area (Å²) in [6.07, 6.45) is 2.68. The maximum atomic E-state index is 12.9. The Balaban J connectivity index is 1.80. The predicted octanol–water partition coefficient (Wildman–Crippen LogP) is 1.44. The molecule has 0 aromatic heterocycles. The van der Waals surface area contributed by atoms with E-state index in [1.54, 1.807) is 0 Å². The van der Waals surface area contributed by atoms with Gasteiger partial charge in [0.15, 0.2) is 0 Å². The number of benzene rings is 1. The molecule has 140 valence electrons. The second-order valence-electron chi connectivity index (χ2n) is 6.33. The number of rotatable bonds is 7. The summed E-state index contributed by atoms with van der Waals surface area (Å²) >= 11 is 0. The maximum Gasteiger partial charge on any atom is 0.242 e. The lowest BCUT2D eigenvalue weighted by atomic mass is 10.0. The van der Waals surface area contributed by atoms with E-state index in [-0.39, 0.29) is 17.3 Å². The summed E-state index contributed by atoms with van der Waals surface area (Å²) < 4.78 is 38.9. The van der Waals surface area contributed by atoms with Gasteiger partial charge < -0.3 is 10.2 Å². The van der Waals surface area contributed by atoms with Gasteiger partial charge in [-0.3, -0.25) is 4.79 Å². The number of piperidine rings is 1. The van der Waals surface area contributed by atoms with Crippen molar-refractivity contribution in [2.75, 3.05) is 33.7 Å². The molecule has 1 saturated heterocycles. The van der Waals surface area contributed by atoms with Crippen LogP contribution in [0.2, 0.25) is 0 Å². The summed E-state index contributed by atoms with van der Waals surface area (Å²) in [5.41, 5.74) is 0. The molecule has 0 atom stereocenters. The normalized spacial score (nSPS) is 16.4. The van der Waals surface area contributed by atoms with Crippen LogP contribution in [0.5, 0.6) is 0 Å². The first-order chi connectivity index (χ1) is 11.8. The first-order valence-electron chi connectivity index (χ1n) is 8.51. The summed E-state index contributed by atoms with van der Waals surface area (Å²) in [6, 6.07) is 5.21. The molecule has 1 aromatic carbocycles. The van der Waals surface area contributed by atoms with Crippen molar-refractivity contribution in [2.45, 2.75) is 36.6 Å². The lowest BCUT2D eigenvalue weighted by Gasteiger charge is -2.32. The number of carbonyl (C=O) groups excluding carboxylic acids is 1. The van der Waals surface area contributed by atoms with Crippen LogP contribution >= 0.6 is 0 Å². The summed E-state index contributed by atoms with van der Waals surface area (Å²) in [5, 5.41) is 3.22. The van der Waals surface area contributed by atoms with Crippen LogP contribution in [0.4, 0.5) is 4.39 Å². The van der Waals surface area contributed by atoms with E-state index in [9.17, 15) is 17.6 Å². The molecule has 1 heterocycles. The Kier molecular flexibility index (Phi) is 6.92. The Bertz CT molecular complexity index is 671. The molecular formula is C17H26FN3O3S. The Morgan fingerprint density at radius 1 is 1.28 bits per heavy atom. The smallest absolute Gasteiger partial charge is 0.242 e. The molecule has 0 bridgehead atoms. The van der Waals surface area contributed by atoms with E-state index in [0.717, 1.165) is 38.1 Å². The highest BCUT2D eigenvalue weighted by atomic mass is 32.2. The van der Waals surface area contributed by atoms with E-state index >= 15 is 0 Å². The van der Waals surface area contributed by atoms with Gasteiger partial charge in [-0.05, 0) is 50.6 Å². The predicted molar refractivity (Wildman–Crippen MR) is 94.1 cm³/mol. The van der Waals surface area contributed by atoms with E-state index < -0.39 is 15.8 Å². The molecule has 25 heavy (non-hydrogen) atoms. The fourth-order valence-electron chi connectivity index (χ4n) is 2.94. The first kappa shape index (κ1) is 19.8. The summed E-state index contributed by atoms with van der Waals surface area (Å²) in [4.78, 5) is 14.1. The monoisotopic (exact) mass is 371 g/mol. The van der Waals surface area contributed by atoms with E-state index in [2.05, 4.69) is 5.32 Å². The molecule has 1 aromatic rings. The summed E-state index contributed by atoms with van der Waals surface area (Å²) in [5.74, 6) is -0.406. The number of nitrogens with zero attached hydrogens (tertiary/aromatic N) is 2. The molecule has 0 unspecified atom stereocenters. The van der Waals surface area contributed by atoms with Gasteiger partial charge in [-0.1, -0.05) is 0 Å². The van der Waals surface area contributed by atoms with Gasteiger partial charge in [0.05, 0.1) is 4.90 Å². The molecule has 1 aliphatic heterocycles. The zero-order valence-electron chi connectivity index (χ0n) is 14.7. The molecule has 2 rings (SSSR count). The van der Waals surface area contributed by atoms with Crippen LogP contribution in [0.1, 0.15) is 25.7 Å². The highest BCUT2D eigenvalue weighted by Crippen LogP contribution is 2.16. The van der Waals surface area contributed by atoms with E-state index in [4.69, 9.17) is 0 Å². The van der Waals surface area contributed by atoms with Crippen LogP contribution in [-0.2, 0) is 14.8 Å². The van der Waals surface area contributed by atoms with Crippen LogP contribution in [0.3, 0.4) is 0 Å². The number of amides is 1. The van der Waals surface area contributed by atoms with Crippen LogP contribution in [0.25, 0.3) is 0 Å². The third-order valence-corrected chi connectivity index (χ3v) is 6.51. The molecule has 1 amide bonds. The van der Waals surface area contributed by atoms with Crippen LogP contribution in [0, 0.1) is 5.82 Å². The number of sulfonamides is 1. The fourth-order valence-corrected chi connectivity index (χ4v) is 4.14. The van der Waals surface area contributed by atoms with Gasteiger partial charge >= 0.3 is 0 Å². The second kappa shape index (κ2) is 8.73. The molecule has 0 saturated carbocycles. The largest absolute Gasteiger partial charge is 0.343 e. The van der Waals surface area contributed by atoms with E-state index in [1.165, 1.54) is 23.5 Å². The van der Waals surface area contributed by atoms with Crippen molar-refractivity contribution >= 4 is 15.9 Å². The van der Waals surface area contributed by atoms with Crippen molar-refractivity contribution in [1.29, 1.82) is 0 Å². The third-order valence-electron chi connectivity index (χ3n) is 4.64. The lowest BCUT2D eigenvalue weighted by molar-refractivity contribution is -0.132. The van der Waals surface area contributed by atoms with Gasteiger partial charge in [-0.25, -0.2) is 17.1 Å². The molecule has 8 heteroatoms. The van der Waals surface area contributed by atoms with Gasteiger partial charge in [-0.15, -0.1) is 0 Å². The minimum Gasteiger partial charge on any atom is -0.343 e. The van der Waals surface area contributed by atoms with E-state index in [0.29, 0.717) is 18.9 Å². The molecule has 1 N–H and O–H groups in total. The quantitative estimate of drug-likeness (QED) is 0.787. The minimum absolute atomic E-state index is 0.0527. The molecule has 1 fully saturated rings. The summed E-state index contributed by atoms with van der Waals surface area (Å²) in [7, 11) is -0.252.